The zero-order valence-corrected chi connectivity index (χ0v) is 19.2. The highest BCUT2D eigenvalue weighted by Crippen LogP contribution is 2.32. The number of carbonyl (C=O) groups excluding carboxylic acids is 1. The molecular formula is C23H32O12. The zero-order chi connectivity index (χ0) is 25.6. The van der Waals surface area contributed by atoms with Crippen molar-refractivity contribution in [3.63, 3.8) is 0 Å². The standard InChI is InChI=1S/C23H32O12/c1-2-3-4-5-16(26)31-11-23(30)12-32-22(20(23)29)35-19-18(28)17(27)15(10-24)34-21(19)33-14-8-6-13(25)7-9-14/h4-9,15,17-22,24-25,27-30H,2-3,10-12H2,1H3. The Morgan fingerprint density at radius 1 is 1.17 bits per heavy atom. The molecular weight excluding hydrogens is 468 g/mol. The first-order valence-electron chi connectivity index (χ1n) is 11.3. The van der Waals surface area contributed by atoms with Crippen molar-refractivity contribution in [1.29, 1.82) is 0 Å². The number of ether oxygens (including phenoxy) is 5. The van der Waals surface area contributed by atoms with Gasteiger partial charge in [0.05, 0.1) is 13.2 Å². The maximum absolute atomic E-state index is 11.8. The summed E-state index contributed by atoms with van der Waals surface area (Å²) < 4.78 is 27.2. The Morgan fingerprint density at radius 2 is 1.89 bits per heavy atom. The van der Waals surface area contributed by atoms with Gasteiger partial charge in [-0.15, -0.1) is 0 Å². The summed E-state index contributed by atoms with van der Waals surface area (Å²) in [7, 11) is 0. The molecule has 2 aliphatic rings. The van der Waals surface area contributed by atoms with E-state index in [4.69, 9.17) is 23.7 Å². The highest BCUT2D eigenvalue weighted by Gasteiger charge is 2.54. The number of rotatable bonds is 10. The van der Waals surface area contributed by atoms with Crippen molar-refractivity contribution in [2.75, 3.05) is 19.8 Å². The van der Waals surface area contributed by atoms with Crippen molar-refractivity contribution in [1.82, 2.24) is 0 Å². The van der Waals surface area contributed by atoms with Gasteiger partial charge in [-0.05, 0) is 30.7 Å². The third-order valence-electron chi connectivity index (χ3n) is 5.68. The first-order chi connectivity index (χ1) is 16.7. The summed E-state index contributed by atoms with van der Waals surface area (Å²) >= 11 is 0. The lowest BCUT2D eigenvalue weighted by molar-refractivity contribution is -0.318. The van der Waals surface area contributed by atoms with Crippen LogP contribution < -0.4 is 4.74 Å². The Morgan fingerprint density at radius 3 is 2.54 bits per heavy atom. The molecule has 0 amide bonds. The van der Waals surface area contributed by atoms with E-state index in [9.17, 15) is 35.4 Å². The molecule has 3 rings (SSSR count). The Bertz CT molecular complexity index is 845. The number of phenolic OH excluding ortho intramolecular Hbond substituents is 1. The lowest BCUT2D eigenvalue weighted by Gasteiger charge is -2.42. The summed E-state index contributed by atoms with van der Waals surface area (Å²) in [6.45, 7) is 0.304. The molecule has 2 heterocycles. The van der Waals surface area contributed by atoms with Gasteiger partial charge in [-0.3, -0.25) is 0 Å². The van der Waals surface area contributed by atoms with E-state index in [0.29, 0.717) is 6.42 Å². The van der Waals surface area contributed by atoms with E-state index < -0.39 is 74.5 Å². The van der Waals surface area contributed by atoms with Crippen molar-refractivity contribution in [3.05, 3.63) is 36.4 Å². The smallest absolute Gasteiger partial charge is 0.330 e. The molecule has 2 fully saturated rings. The summed E-state index contributed by atoms with van der Waals surface area (Å²) in [5.41, 5.74) is -1.99. The molecule has 35 heavy (non-hydrogen) atoms. The van der Waals surface area contributed by atoms with Crippen LogP contribution in [0, 0.1) is 0 Å². The molecule has 12 heteroatoms. The second kappa shape index (κ2) is 12.1. The van der Waals surface area contributed by atoms with Gasteiger partial charge in [0, 0.05) is 6.08 Å². The zero-order valence-electron chi connectivity index (χ0n) is 19.2. The number of phenols is 1. The highest BCUT2D eigenvalue weighted by atomic mass is 16.8. The van der Waals surface area contributed by atoms with Crippen LogP contribution in [0.15, 0.2) is 36.4 Å². The molecule has 0 spiro atoms. The fourth-order valence-electron chi connectivity index (χ4n) is 3.60. The molecule has 0 saturated carbocycles. The molecule has 196 valence electrons. The van der Waals surface area contributed by atoms with E-state index >= 15 is 0 Å². The maximum Gasteiger partial charge on any atom is 0.330 e. The van der Waals surface area contributed by atoms with Crippen LogP contribution in [0.2, 0.25) is 0 Å². The molecule has 0 aliphatic carbocycles. The molecule has 0 bridgehead atoms. The quantitative estimate of drug-likeness (QED) is 0.169. The second-order valence-corrected chi connectivity index (χ2v) is 8.45. The van der Waals surface area contributed by atoms with Gasteiger partial charge in [0.1, 0.15) is 42.5 Å². The van der Waals surface area contributed by atoms with Crippen molar-refractivity contribution in [3.8, 4) is 11.5 Å². The second-order valence-electron chi connectivity index (χ2n) is 8.45. The fourth-order valence-corrected chi connectivity index (χ4v) is 3.60. The summed E-state index contributed by atoms with van der Waals surface area (Å²) in [6, 6.07) is 5.55. The Hall–Kier alpha value is -2.29. The van der Waals surface area contributed by atoms with E-state index in [0.717, 1.165) is 6.42 Å². The fraction of sp³-hybridized carbons (Fsp3) is 0.609. The van der Waals surface area contributed by atoms with Crippen molar-refractivity contribution in [2.45, 2.75) is 68.5 Å². The molecule has 6 N–H and O–H groups in total. The molecule has 0 aromatic heterocycles. The third-order valence-corrected chi connectivity index (χ3v) is 5.68. The number of carbonyl (C=O) groups is 1. The van der Waals surface area contributed by atoms with Gasteiger partial charge in [-0.2, -0.15) is 0 Å². The summed E-state index contributed by atoms with van der Waals surface area (Å²) in [6.07, 6.45) is -5.99. The minimum atomic E-state index is -1.99. The molecule has 0 radical (unpaired) electrons. The lowest BCUT2D eigenvalue weighted by Crippen LogP contribution is -2.62. The van der Waals surface area contributed by atoms with E-state index in [1.54, 1.807) is 6.08 Å². The largest absolute Gasteiger partial charge is 0.508 e. The topological polar surface area (TPSA) is 185 Å². The van der Waals surface area contributed by atoms with Gasteiger partial charge in [0.2, 0.25) is 6.29 Å². The Labute approximate surface area is 201 Å². The number of unbranched alkanes of at least 4 members (excludes halogenated alkanes) is 1. The van der Waals surface area contributed by atoms with E-state index in [2.05, 4.69) is 0 Å². The van der Waals surface area contributed by atoms with Crippen LogP contribution in [-0.4, -0.2) is 105 Å². The van der Waals surface area contributed by atoms with Crippen LogP contribution >= 0.6 is 0 Å². The van der Waals surface area contributed by atoms with Gasteiger partial charge in [0.25, 0.3) is 0 Å². The van der Waals surface area contributed by atoms with Crippen LogP contribution in [0.4, 0.5) is 0 Å². The number of aliphatic hydroxyl groups excluding tert-OH is 4. The molecule has 12 nitrogen and oxygen atoms in total. The highest BCUT2D eigenvalue weighted by molar-refractivity contribution is 5.81. The molecule has 8 unspecified atom stereocenters. The van der Waals surface area contributed by atoms with Gasteiger partial charge in [-0.25, -0.2) is 4.79 Å². The van der Waals surface area contributed by atoms with Crippen molar-refractivity contribution < 1.29 is 59.1 Å². The first-order valence-corrected chi connectivity index (χ1v) is 11.3. The minimum Gasteiger partial charge on any atom is -0.508 e. The SMILES string of the molecule is CCCC=CC(=O)OCC1(O)COC(OC2C(Oc3ccc(O)cc3)OC(CO)C(O)C2O)C1O. The molecule has 1 aromatic rings. The predicted molar refractivity (Wildman–Crippen MR) is 117 cm³/mol. The third kappa shape index (κ3) is 6.68. The van der Waals surface area contributed by atoms with Crippen LogP contribution in [0.1, 0.15) is 19.8 Å². The van der Waals surface area contributed by atoms with Crippen molar-refractivity contribution >= 4 is 5.97 Å². The van der Waals surface area contributed by atoms with Crippen LogP contribution in [-0.2, 0) is 23.7 Å². The summed E-state index contributed by atoms with van der Waals surface area (Å²) in [4.78, 5) is 11.8. The average Bonchev–Trinajstić information content (AvgIpc) is 3.12. The maximum atomic E-state index is 11.8. The van der Waals surface area contributed by atoms with Crippen LogP contribution in [0.3, 0.4) is 0 Å². The summed E-state index contributed by atoms with van der Waals surface area (Å²) in [5.74, 6) is -0.490. The monoisotopic (exact) mass is 500 g/mol. The van der Waals surface area contributed by atoms with Gasteiger partial charge in [0.15, 0.2) is 18.0 Å². The van der Waals surface area contributed by atoms with E-state index in [1.165, 1.54) is 30.3 Å². The van der Waals surface area contributed by atoms with Gasteiger partial charge in [-0.1, -0.05) is 19.4 Å². The van der Waals surface area contributed by atoms with E-state index in [-0.39, 0.29) is 11.5 Å². The van der Waals surface area contributed by atoms with Crippen molar-refractivity contribution in [2.24, 2.45) is 0 Å². The first kappa shape index (κ1) is 27.3. The van der Waals surface area contributed by atoms with Gasteiger partial charge >= 0.3 is 5.97 Å². The Kier molecular flexibility index (Phi) is 9.44. The number of esters is 1. The Balaban J connectivity index is 1.68. The lowest BCUT2D eigenvalue weighted by atomic mass is 9.98. The number of hydrogen-bond acceptors (Lipinski definition) is 12. The average molecular weight is 500 g/mol. The number of allylic oxidation sites excluding steroid dienone is 1. The summed E-state index contributed by atoms with van der Waals surface area (Å²) in [5, 5.41) is 61.2. The van der Waals surface area contributed by atoms with Crippen LogP contribution in [0.25, 0.3) is 0 Å². The molecule has 2 saturated heterocycles. The normalized spacial score (nSPS) is 35.3. The molecule has 1 aromatic carbocycles. The number of hydrogen-bond donors (Lipinski definition) is 6. The molecule has 2 aliphatic heterocycles. The minimum absolute atomic E-state index is 0.0123. The number of aliphatic hydroxyl groups is 5. The predicted octanol–water partition coefficient (Wildman–Crippen LogP) is -1.06. The van der Waals surface area contributed by atoms with E-state index in [1.807, 2.05) is 6.92 Å². The molecule has 8 atom stereocenters. The number of benzene rings is 1. The van der Waals surface area contributed by atoms with Crippen LogP contribution in [0.5, 0.6) is 11.5 Å². The van der Waals surface area contributed by atoms with Gasteiger partial charge < -0.3 is 54.3 Å². The number of aromatic hydroxyl groups is 1.